The Balaban J connectivity index is 1.28. The lowest BCUT2D eigenvalue weighted by molar-refractivity contribution is -0.128. The molecule has 4 aliphatic rings. The predicted octanol–water partition coefficient (Wildman–Crippen LogP) is 2.99. The monoisotopic (exact) mass is 424 g/mol. The van der Waals surface area contributed by atoms with Gasteiger partial charge in [-0.25, -0.2) is 0 Å². The van der Waals surface area contributed by atoms with Crippen molar-refractivity contribution in [3.05, 3.63) is 59.6 Å². The molecule has 2 fully saturated rings. The molecule has 4 aliphatic heterocycles. The van der Waals surface area contributed by atoms with E-state index in [0.717, 1.165) is 5.69 Å². The van der Waals surface area contributed by atoms with Gasteiger partial charge in [0.1, 0.15) is 5.60 Å². The predicted molar refractivity (Wildman–Crippen MR) is 109 cm³/mol. The first-order valence-corrected chi connectivity index (χ1v) is 10.1. The molecule has 2 saturated heterocycles. The summed E-state index contributed by atoms with van der Waals surface area (Å²) in [5, 5.41) is 3.51. The van der Waals surface area contributed by atoms with Crippen LogP contribution in [0.5, 0.6) is 11.5 Å². The van der Waals surface area contributed by atoms with E-state index in [4.69, 9.17) is 25.8 Å². The van der Waals surface area contributed by atoms with Gasteiger partial charge in [0.15, 0.2) is 11.5 Å². The fourth-order valence-electron chi connectivity index (χ4n) is 4.84. The number of amides is 2. The molecule has 4 atom stereocenters. The van der Waals surface area contributed by atoms with E-state index in [-0.39, 0.29) is 18.6 Å². The summed E-state index contributed by atoms with van der Waals surface area (Å²) in [7, 11) is 0. The first-order valence-electron chi connectivity index (χ1n) is 9.69. The van der Waals surface area contributed by atoms with Crippen LogP contribution in [-0.4, -0.2) is 36.9 Å². The van der Waals surface area contributed by atoms with Gasteiger partial charge in [-0.15, -0.1) is 0 Å². The molecule has 3 unspecified atom stereocenters. The van der Waals surface area contributed by atoms with E-state index in [0.29, 0.717) is 28.8 Å². The van der Waals surface area contributed by atoms with Crippen LogP contribution >= 0.6 is 11.6 Å². The quantitative estimate of drug-likeness (QED) is 0.766. The van der Waals surface area contributed by atoms with Crippen molar-refractivity contribution in [3.63, 3.8) is 0 Å². The number of ether oxygens (including phenoxy) is 3. The molecule has 7 nitrogen and oxygen atoms in total. The van der Waals surface area contributed by atoms with E-state index in [2.05, 4.69) is 5.32 Å². The molecule has 2 aromatic rings. The van der Waals surface area contributed by atoms with Gasteiger partial charge in [-0.05, 0) is 36.4 Å². The number of halogens is 1. The lowest BCUT2D eigenvalue weighted by Crippen LogP contribution is -2.41. The van der Waals surface area contributed by atoms with Crippen LogP contribution in [0.3, 0.4) is 0 Å². The van der Waals surface area contributed by atoms with Gasteiger partial charge in [-0.1, -0.05) is 23.8 Å². The molecule has 1 spiro atoms. The molecule has 152 valence electrons. The molecular formula is C22H17ClN2O5. The molecule has 2 amide bonds. The number of hydrogen-bond donors (Lipinski definition) is 1. The van der Waals surface area contributed by atoms with Crippen LogP contribution in [0.25, 0.3) is 0 Å². The molecular weight excluding hydrogens is 408 g/mol. The van der Waals surface area contributed by atoms with Crippen LogP contribution in [0.2, 0.25) is 5.02 Å². The summed E-state index contributed by atoms with van der Waals surface area (Å²) in [5.41, 5.74) is 0.548. The summed E-state index contributed by atoms with van der Waals surface area (Å²) < 4.78 is 16.8. The van der Waals surface area contributed by atoms with Gasteiger partial charge in [-0.3, -0.25) is 9.59 Å². The number of carbonyl (C=O) groups is 2. The minimum atomic E-state index is -0.779. The normalized spacial score (nSPS) is 30.1. The Morgan fingerprint density at radius 1 is 1.13 bits per heavy atom. The van der Waals surface area contributed by atoms with Crippen LogP contribution in [0, 0.1) is 11.8 Å². The third-order valence-electron chi connectivity index (χ3n) is 6.18. The fourth-order valence-corrected chi connectivity index (χ4v) is 4.96. The summed E-state index contributed by atoms with van der Waals surface area (Å²) in [6.45, 7) is 0.536. The third-order valence-corrected chi connectivity index (χ3v) is 6.43. The van der Waals surface area contributed by atoms with Crippen LogP contribution < -0.4 is 19.7 Å². The van der Waals surface area contributed by atoms with Crippen molar-refractivity contribution in [2.75, 3.05) is 23.6 Å². The minimum absolute atomic E-state index is 0.116. The number of hydrogen-bond acceptors (Lipinski definition) is 5. The van der Waals surface area contributed by atoms with Crippen molar-refractivity contribution in [3.8, 4) is 11.5 Å². The van der Waals surface area contributed by atoms with Gasteiger partial charge in [0.05, 0.1) is 24.5 Å². The second-order valence-corrected chi connectivity index (χ2v) is 8.29. The Kier molecular flexibility index (Phi) is 3.70. The Labute approximate surface area is 177 Å². The number of nitrogens with zero attached hydrogens (tertiary/aromatic N) is 1. The highest BCUT2D eigenvalue weighted by Crippen LogP contribution is 2.53. The highest BCUT2D eigenvalue weighted by molar-refractivity contribution is 6.30. The first-order chi connectivity index (χ1) is 14.5. The van der Waals surface area contributed by atoms with Gasteiger partial charge in [0, 0.05) is 22.5 Å². The number of benzene rings is 2. The van der Waals surface area contributed by atoms with E-state index >= 15 is 0 Å². The largest absolute Gasteiger partial charge is 0.454 e. The van der Waals surface area contributed by atoms with E-state index in [9.17, 15) is 9.59 Å². The zero-order chi connectivity index (χ0) is 20.5. The van der Waals surface area contributed by atoms with E-state index < -0.39 is 23.5 Å². The molecule has 2 aromatic carbocycles. The van der Waals surface area contributed by atoms with E-state index in [1.54, 1.807) is 47.4 Å². The molecule has 0 aliphatic carbocycles. The fraction of sp³-hybridized carbons (Fsp3) is 0.273. The van der Waals surface area contributed by atoms with Crippen LogP contribution in [0.1, 0.15) is 0 Å². The highest BCUT2D eigenvalue weighted by Gasteiger charge is 2.67. The molecule has 0 saturated carbocycles. The van der Waals surface area contributed by atoms with E-state index in [1.807, 2.05) is 12.2 Å². The molecule has 1 N–H and O–H groups in total. The second-order valence-electron chi connectivity index (χ2n) is 7.86. The summed E-state index contributed by atoms with van der Waals surface area (Å²) >= 11 is 5.98. The number of anilines is 2. The van der Waals surface area contributed by atoms with Crippen molar-refractivity contribution in [1.29, 1.82) is 0 Å². The summed E-state index contributed by atoms with van der Waals surface area (Å²) in [6, 6.07) is 12.3. The number of nitrogens with one attached hydrogen (secondary N) is 1. The number of fused-ring (bicyclic) bond motifs is 2. The van der Waals surface area contributed by atoms with Crippen molar-refractivity contribution >= 4 is 34.8 Å². The van der Waals surface area contributed by atoms with Gasteiger partial charge in [-0.2, -0.15) is 0 Å². The maximum atomic E-state index is 13.3. The molecule has 2 bridgehead atoms. The standard InChI is InChI=1S/C22H17ClN2O5/c23-12-1-4-14(5-2-12)25-10-22-8-7-16(30-22)18(19(22)21(25)27)20(26)24-13-3-6-15-17(9-13)29-11-28-15/h1-9,16,18-19H,10-11H2,(H,24,26)/t16?,18?,19?,22-/m1/s1. The summed E-state index contributed by atoms with van der Waals surface area (Å²) in [4.78, 5) is 28.2. The lowest BCUT2D eigenvalue weighted by Gasteiger charge is -2.23. The average molecular weight is 425 g/mol. The Hall–Kier alpha value is -3.03. The van der Waals surface area contributed by atoms with Gasteiger partial charge in [0.2, 0.25) is 18.6 Å². The topological polar surface area (TPSA) is 77.1 Å². The maximum Gasteiger partial charge on any atom is 0.234 e. The van der Waals surface area contributed by atoms with Crippen molar-refractivity contribution < 1.29 is 23.8 Å². The van der Waals surface area contributed by atoms with Crippen LogP contribution in [0.4, 0.5) is 11.4 Å². The molecule has 4 heterocycles. The minimum Gasteiger partial charge on any atom is -0.454 e. The summed E-state index contributed by atoms with van der Waals surface area (Å²) in [6.07, 6.45) is 3.40. The second kappa shape index (κ2) is 6.23. The SMILES string of the molecule is O=C(Nc1ccc2c(c1)OCO2)C1C2C=C[C@]3(CN(c4ccc(Cl)cc4)C(=O)C13)O2. The van der Waals surface area contributed by atoms with Gasteiger partial charge < -0.3 is 24.4 Å². The number of rotatable bonds is 3. The Bertz CT molecular complexity index is 1100. The van der Waals surface area contributed by atoms with Crippen molar-refractivity contribution in [2.45, 2.75) is 11.7 Å². The van der Waals surface area contributed by atoms with Crippen molar-refractivity contribution in [2.24, 2.45) is 11.8 Å². The van der Waals surface area contributed by atoms with Gasteiger partial charge in [0.25, 0.3) is 0 Å². The first kappa shape index (κ1) is 17.8. The maximum absolute atomic E-state index is 13.3. The number of carbonyl (C=O) groups excluding carboxylic acids is 2. The van der Waals surface area contributed by atoms with Gasteiger partial charge >= 0.3 is 0 Å². The zero-order valence-corrected chi connectivity index (χ0v) is 16.5. The van der Waals surface area contributed by atoms with Crippen molar-refractivity contribution in [1.82, 2.24) is 0 Å². The smallest absolute Gasteiger partial charge is 0.234 e. The highest BCUT2D eigenvalue weighted by atomic mass is 35.5. The molecule has 0 aromatic heterocycles. The lowest BCUT2D eigenvalue weighted by atomic mass is 9.77. The summed E-state index contributed by atoms with van der Waals surface area (Å²) in [5.74, 6) is -0.319. The van der Waals surface area contributed by atoms with Crippen LogP contribution in [-0.2, 0) is 14.3 Å². The molecule has 6 rings (SSSR count). The molecule has 8 heteroatoms. The Morgan fingerprint density at radius 3 is 2.77 bits per heavy atom. The Morgan fingerprint density at radius 2 is 1.93 bits per heavy atom. The molecule has 30 heavy (non-hydrogen) atoms. The van der Waals surface area contributed by atoms with Crippen LogP contribution in [0.15, 0.2) is 54.6 Å². The third kappa shape index (κ3) is 2.49. The zero-order valence-electron chi connectivity index (χ0n) is 15.7. The average Bonchev–Trinajstić information content (AvgIpc) is 3.49. The molecule has 0 radical (unpaired) electrons. The van der Waals surface area contributed by atoms with E-state index in [1.165, 1.54) is 0 Å².